The van der Waals surface area contributed by atoms with Crippen molar-refractivity contribution in [3.8, 4) is 0 Å². The van der Waals surface area contributed by atoms with E-state index in [-0.39, 0.29) is 11.9 Å². The fourth-order valence-corrected chi connectivity index (χ4v) is 3.64. The molecule has 2 heterocycles. The maximum Gasteiger partial charge on any atom is 0.168 e. The van der Waals surface area contributed by atoms with Crippen molar-refractivity contribution in [2.24, 2.45) is 5.92 Å². The number of nitrogens with one attached hydrogen (secondary N) is 1. The SMILES string of the molecule is Cc1nc(CNC[C@H]2COC3(CCC(C)CC3)O2)cs1. The lowest BCUT2D eigenvalue weighted by molar-refractivity contribution is -0.191. The Morgan fingerprint density at radius 3 is 2.95 bits per heavy atom. The van der Waals surface area contributed by atoms with E-state index >= 15 is 0 Å². The minimum absolute atomic E-state index is 0.183. The van der Waals surface area contributed by atoms with Gasteiger partial charge in [-0.05, 0) is 25.7 Å². The van der Waals surface area contributed by atoms with Crippen molar-refractivity contribution < 1.29 is 9.47 Å². The molecule has 1 N–H and O–H groups in total. The van der Waals surface area contributed by atoms with Gasteiger partial charge in [0, 0.05) is 31.3 Å². The summed E-state index contributed by atoms with van der Waals surface area (Å²) in [6.07, 6.45) is 4.73. The summed E-state index contributed by atoms with van der Waals surface area (Å²) in [5.41, 5.74) is 1.12. The summed E-state index contributed by atoms with van der Waals surface area (Å²) in [4.78, 5) is 4.45. The van der Waals surface area contributed by atoms with Gasteiger partial charge in [0.05, 0.1) is 23.4 Å². The van der Waals surface area contributed by atoms with Gasteiger partial charge in [0.15, 0.2) is 5.79 Å². The van der Waals surface area contributed by atoms with Crippen molar-refractivity contribution >= 4 is 11.3 Å². The Morgan fingerprint density at radius 1 is 1.45 bits per heavy atom. The Balaban J connectivity index is 1.42. The van der Waals surface area contributed by atoms with Crippen LogP contribution in [-0.2, 0) is 16.0 Å². The van der Waals surface area contributed by atoms with Crippen LogP contribution in [0.25, 0.3) is 0 Å². The molecule has 112 valence electrons. The lowest BCUT2D eigenvalue weighted by Crippen LogP contribution is -2.37. The molecule has 1 aromatic rings. The van der Waals surface area contributed by atoms with Crippen LogP contribution < -0.4 is 5.32 Å². The lowest BCUT2D eigenvalue weighted by Gasteiger charge is -2.34. The van der Waals surface area contributed by atoms with Gasteiger partial charge in [0.25, 0.3) is 0 Å². The molecule has 20 heavy (non-hydrogen) atoms. The van der Waals surface area contributed by atoms with Crippen molar-refractivity contribution in [1.82, 2.24) is 10.3 Å². The zero-order valence-electron chi connectivity index (χ0n) is 12.4. The first kappa shape index (κ1) is 14.4. The predicted octanol–water partition coefficient (Wildman–Crippen LogP) is 2.86. The minimum Gasteiger partial charge on any atom is -0.347 e. The molecule has 1 aliphatic carbocycles. The summed E-state index contributed by atoms with van der Waals surface area (Å²) in [7, 11) is 0. The van der Waals surface area contributed by atoms with Crippen LogP contribution in [0.2, 0.25) is 0 Å². The molecule has 0 bridgehead atoms. The highest BCUT2D eigenvalue weighted by atomic mass is 32.1. The average Bonchev–Trinajstić information content (AvgIpc) is 3.02. The highest BCUT2D eigenvalue weighted by molar-refractivity contribution is 7.09. The Labute approximate surface area is 124 Å². The van der Waals surface area contributed by atoms with E-state index in [1.54, 1.807) is 11.3 Å². The van der Waals surface area contributed by atoms with Crippen LogP contribution in [0.1, 0.15) is 43.3 Å². The first-order chi connectivity index (χ1) is 9.65. The first-order valence-corrected chi connectivity index (χ1v) is 8.47. The van der Waals surface area contributed by atoms with E-state index in [4.69, 9.17) is 9.47 Å². The smallest absolute Gasteiger partial charge is 0.168 e. The summed E-state index contributed by atoms with van der Waals surface area (Å²) < 4.78 is 12.2. The maximum atomic E-state index is 6.18. The van der Waals surface area contributed by atoms with E-state index in [0.29, 0.717) is 0 Å². The average molecular weight is 296 g/mol. The number of rotatable bonds is 4. The number of aromatic nitrogens is 1. The van der Waals surface area contributed by atoms with Gasteiger partial charge in [-0.25, -0.2) is 4.98 Å². The predicted molar refractivity (Wildman–Crippen MR) is 79.7 cm³/mol. The molecule has 2 aliphatic rings. The Bertz CT molecular complexity index is 441. The monoisotopic (exact) mass is 296 g/mol. The molecule has 0 amide bonds. The van der Waals surface area contributed by atoms with Crippen molar-refractivity contribution in [2.45, 2.75) is 58.0 Å². The Morgan fingerprint density at radius 2 is 2.25 bits per heavy atom. The van der Waals surface area contributed by atoms with Crippen LogP contribution in [0.5, 0.6) is 0 Å². The van der Waals surface area contributed by atoms with Gasteiger partial charge in [-0.1, -0.05) is 6.92 Å². The minimum atomic E-state index is -0.268. The standard InChI is InChI=1S/C15H24N2O2S/c1-11-3-5-15(6-4-11)18-9-14(19-15)8-16-7-13-10-20-12(2)17-13/h10-11,14,16H,3-9H2,1-2H3/t11?,14-,15?/m0/s1. The fraction of sp³-hybridized carbons (Fsp3) is 0.800. The van der Waals surface area contributed by atoms with Crippen LogP contribution in [0.4, 0.5) is 0 Å². The van der Waals surface area contributed by atoms with E-state index in [9.17, 15) is 0 Å². The van der Waals surface area contributed by atoms with Gasteiger partial charge in [-0.2, -0.15) is 0 Å². The van der Waals surface area contributed by atoms with Crippen LogP contribution >= 0.6 is 11.3 Å². The Kier molecular flexibility index (Phi) is 4.40. The number of nitrogens with zero attached hydrogens (tertiary/aromatic N) is 1. The number of thiazole rings is 1. The molecule has 0 aromatic carbocycles. The first-order valence-electron chi connectivity index (χ1n) is 7.59. The topological polar surface area (TPSA) is 43.4 Å². The molecule has 1 aliphatic heterocycles. The third-order valence-corrected chi connectivity index (χ3v) is 5.12. The summed E-state index contributed by atoms with van der Waals surface area (Å²) in [6, 6.07) is 0. The summed E-state index contributed by atoms with van der Waals surface area (Å²) in [5, 5.41) is 6.66. The number of aryl methyl sites for hydroxylation is 1. The number of ether oxygens (including phenoxy) is 2. The number of hydrogen-bond donors (Lipinski definition) is 1. The summed E-state index contributed by atoms with van der Waals surface area (Å²) >= 11 is 1.70. The van der Waals surface area contributed by atoms with Crippen molar-refractivity contribution in [3.63, 3.8) is 0 Å². The third kappa shape index (κ3) is 3.39. The molecule has 1 saturated heterocycles. The summed E-state index contributed by atoms with van der Waals surface area (Å²) in [5.74, 6) is 0.550. The van der Waals surface area contributed by atoms with Crippen molar-refractivity contribution in [1.29, 1.82) is 0 Å². The van der Waals surface area contributed by atoms with Gasteiger partial charge in [0.2, 0.25) is 0 Å². The van der Waals surface area contributed by atoms with Gasteiger partial charge < -0.3 is 14.8 Å². The zero-order valence-corrected chi connectivity index (χ0v) is 13.2. The van der Waals surface area contributed by atoms with E-state index < -0.39 is 0 Å². The second-order valence-electron chi connectivity index (χ2n) is 6.13. The van der Waals surface area contributed by atoms with Crippen LogP contribution in [0.3, 0.4) is 0 Å². The third-order valence-electron chi connectivity index (χ3n) is 4.29. The quantitative estimate of drug-likeness (QED) is 0.928. The van der Waals surface area contributed by atoms with E-state index in [0.717, 1.165) is 49.2 Å². The van der Waals surface area contributed by atoms with Gasteiger partial charge >= 0.3 is 0 Å². The largest absolute Gasteiger partial charge is 0.347 e. The van der Waals surface area contributed by atoms with E-state index in [2.05, 4.69) is 22.6 Å². The second kappa shape index (κ2) is 6.10. The highest BCUT2D eigenvalue weighted by Crippen LogP contribution is 2.39. The summed E-state index contributed by atoms with van der Waals surface area (Å²) in [6.45, 7) is 6.73. The molecule has 2 fully saturated rings. The molecule has 1 saturated carbocycles. The molecule has 0 radical (unpaired) electrons. The number of hydrogen-bond acceptors (Lipinski definition) is 5. The molecule has 4 nitrogen and oxygen atoms in total. The normalized spacial score (nSPS) is 33.9. The van der Waals surface area contributed by atoms with Gasteiger partial charge in [0.1, 0.15) is 0 Å². The zero-order chi connectivity index (χ0) is 14.0. The van der Waals surface area contributed by atoms with Crippen LogP contribution in [0, 0.1) is 12.8 Å². The molecule has 5 heteroatoms. The molecule has 1 atom stereocenters. The van der Waals surface area contributed by atoms with Crippen LogP contribution in [-0.4, -0.2) is 30.0 Å². The molecule has 1 aromatic heterocycles. The van der Waals surface area contributed by atoms with E-state index in [1.807, 2.05) is 6.92 Å². The molecule has 3 rings (SSSR count). The fourth-order valence-electron chi connectivity index (χ4n) is 3.03. The van der Waals surface area contributed by atoms with Crippen molar-refractivity contribution in [3.05, 3.63) is 16.1 Å². The maximum absolute atomic E-state index is 6.18. The van der Waals surface area contributed by atoms with Gasteiger partial charge in [-0.15, -0.1) is 11.3 Å². The molecular formula is C15H24N2O2S. The molecule has 1 spiro atoms. The lowest BCUT2D eigenvalue weighted by atomic mass is 9.86. The second-order valence-corrected chi connectivity index (χ2v) is 7.20. The Hall–Kier alpha value is -0.490. The molecule has 0 unspecified atom stereocenters. The van der Waals surface area contributed by atoms with Crippen LogP contribution in [0.15, 0.2) is 5.38 Å². The van der Waals surface area contributed by atoms with E-state index in [1.165, 1.54) is 12.8 Å². The van der Waals surface area contributed by atoms with Crippen molar-refractivity contribution in [2.75, 3.05) is 13.2 Å². The molecular weight excluding hydrogens is 272 g/mol. The van der Waals surface area contributed by atoms with Gasteiger partial charge in [-0.3, -0.25) is 0 Å². The highest BCUT2D eigenvalue weighted by Gasteiger charge is 2.43.